The lowest BCUT2D eigenvalue weighted by Gasteiger charge is -2.32. The summed E-state index contributed by atoms with van der Waals surface area (Å²) in [4.78, 5) is 0. The summed E-state index contributed by atoms with van der Waals surface area (Å²) in [7, 11) is -3.04. The molecule has 1 aliphatic rings. The minimum Gasteiger partial charge on any atom is -0.313 e. The second-order valence-corrected chi connectivity index (χ2v) is 6.92. The van der Waals surface area contributed by atoms with E-state index in [4.69, 9.17) is 0 Å². The first kappa shape index (κ1) is 13.9. The molecule has 0 heterocycles. The quantitative estimate of drug-likeness (QED) is 0.712. The van der Waals surface area contributed by atoms with Crippen LogP contribution < -0.4 is 10.0 Å². The van der Waals surface area contributed by atoms with Crippen LogP contribution in [0.3, 0.4) is 0 Å². The largest absolute Gasteiger partial charge is 0.313 e. The van der Waals surface area contributed by atoms with Gasteiger partial charge in [-0.15, -0.1) is 0 Å². The van der Waals surface area contributed by atoms with Gasteiger partial charge in [-0.3, -0.25) is 0 Å². The number of hydrogen-bond acceptors (Lipinski definition) is 3. The van der Waals surface area contributed by atoms with Gasteiger partial charge in [-0.05, 0) is 31.1 Å². The van der Waals surface area contributed by atoms with Gasteiger partial charge in [0.05, 0.1) is 6.26 Å². The molecule has 2 N–H and O–H groups in total. The molecule has 5 heteroatoms. The summed E-state index contributed by atoms with van der Waals surface area (Å²) in [6.45, 7) is 5.82. The van der Waals surface area contributed by atoms with Crippen LogP contribution in [0, 0.1) is 11.8 Å². The third-order valence-corrected chi connectivity index (χ3v) is 4.25. The zero-order valence-electron chi connectivity index (χ0n) is 10.5. The van der Waals surface area contributed by atoms with E-state index in [2.05, 4.69) is 23.9 Å². The van der Waals surface area contributed by atoms with Gasteiger partial charge in [-0.2, -0.15) is 0 Å². The molecule has 0 amide bonds. The Morgan fingerprint density at radius 1 is 1.12 bits per heavy atom. The van der Waals surface area contributed by atoms with E-state index < -0.39 is 10.0 Å². The molecule has 1 saturated carbocycles. The van der Waals surface area contributed by atoms with Crippen LogP contribution in [0.15, 0.2) is 0 Å². The summed E-state index contributed by atoms with van der Waals surface area (Å²) in [6, 6.07) is 0.563. The summed E-state index contributed by atoms with van der Waals surface area (Å²) in [5.74, 6) is 1.60. The average Bonchev–Trinajstić information content (AvgIpc) is 2.17. The van der Waals surface area contributed by atoms with Crippen molar-refractivity contribution < 1.29 is 8.42 Å². The maximum atomic E-state index is 10.8. The molecular formula is C11H24N2O2S. The molecule has 3 atom stereocenters. The summed E-state index contributed by atoms with van der Waals surface area (Å²) >= 11 is 0. The molecule has 1 rings (SSSR count). The predicted octanol–water partition coefficient (Wildman–Crippen LogP) is 0.950. The molecule has 0 aromatic carbocycles. The average molecular weight is 248 g/mol. The molecule has 1 fully saturated rings. The van der Waals surface area contributed by atoms with Crippen molar-refractivity contribution in [3.8, 4) is 0 Å². The zero-order valence-corrected chi connectivity index (χ0v) is 11.3. The molecule has 3 unspecified atom stereocenters. The number of nitrogens with one attached hydrogen (secondary N) is 2. The van der Waals surface area contributed by atoms with Gasteiger partial charge in [0.1, 0.15) is 0 Å². The lowest BCUT2D eigenvalue weighted by molar-refractivity contribution is 0.227. The second-order valence-electron chi connectivity index (χ2n) is 5.09. The Kier molecular flexibility index (Phi) is 5.21. The Morgan fingerprint density at radius 2 is 1.81 bits per heavy atom. The van der Waals surface area contributed by atoms with Gasteiger partial charge in [-0.1, -0.05) is 13.8 Å². The van der Waals surface area contributed by atoms with Gasteiger partial charge < -0.3 is 5.32 Å². The number of rotatable bonds is 5. The fourth-order valence-corrected chi connectivity index (χ4v) is 2.72. The van der Waals surface area contributed by atoms with Crippen molar-refractivity contribution in [1.29, 1.82) is 0 Å². The van der Waals surface area contributed by atoms with E-state index in [1.807, 2.05) is 0 Å². The van der Waals surface area contributed by atoms with Gasteiger partial charge in [-0.25, -0.2) is 13.1 Å². The Labute approximate surface area is 99.2 Å². The topological polar surface area (TPSA) is 58.2 Å². The minimum absolute atomic E-state index is 0.485. The van der Waals surface area contributed by atoms with E-state index in [0.717, 1.165) is 18.4 Å². The van der Waals surface area contributed by atoms with Crippen molar-refractivity contribution in [1.82, 2.24) is 10.0 Å². The minimum atomic E-state index is -3.04. The van der Waals surface area contributed by atoms with E-state index in [1.165, 1.54) is 25.5 Å². The van der Waals surface area contributed by atoms with Crippen LogP contribution in [0.25, 0.3) is 0 Å². The first-order valence-corrected chi connectivity index (χ1v) is 7.95. The third-order valence-electron chi connectivity index (χ3n) is 3.52. The standard InChI is InChI=1S/C11H24N2O2S/c1-9-4-5-11(8-10(9)2)12-6-7-13-16(3,14)15/h9-13H,4-8H2,1-3H3. The van der Waals surface area contributed by atoms with Crippen LogP contribution >= 0.6 is 0 Å². The summed E-state index contributed by atoms with van der Waals surface area (Å²) < 4.78 is 24.2. The highest BCUT2D eigenvalue weighted by molar-refractivity contribution is 7.88. The van der Waals surface area contributed by atoms with Gasteiger partial charge in [0.2, 0.25) is 10.0 Å². The maximum Gasteiger partial charge on any atom is 0.208 e. The van der Waals surface area contributed by atoms with Crippen molar-refractivity contribution in [2.45, 2.75) is 39.2 Å². The lowest BCUT2D eigenvalue weighted by Crippen LogP contribution is -2.40. The fraction of sp³-hybridized carbons (Fsp3) is 1.00. The van der Waals surface area contributed by atoms with Crippen molar-refractivity contribution in [2.75, 3.05) is 19.3 Å². The van der Waals surface area contributed by atoms with E-state index >= 15 is 0 Å². The first-order valence-electron chi connectivity index (χ1n) is 6.06. The summed E-state index contributed by atoms with van der Waals surface area (Å²) in [5, 5.41) is 3.42. The van der Waals surface area contributed by atoms with E-state index in [0.29, 0.717) is 12.6 Å². The molecule has 0 bridgehead atoms. The summed E-state index contributed by atoms with van der Waals surface area (Å²) in [6.07, 6.45) is 4.89. The summed E-state index contributed by atoms with van der Waals surface area (Å²) in [5.41, 5.74) is 0. The van der Waals surface area contributed by atoms with Crippen LogP contribution in [0.2, 0.25) is 0 Å². The molecule has 16 heavy (non-hydrogen) atoms. The van der Waals surface area contributed by atoms with Gasteiger partial charge in [0.15, 0.2) is 0 Å². The van der Waals surface area contributed by atoms with Gasteiger partial charge >= 0.3 is 0 Å². The maximum absolute atomic E-state index is 10.8. The van der Waals surface area contributed by atoms with Crippen LogP contribution in [0.4, 0.5) is 0 Å². The molecule has 0 aromatic heterocycles. The van der Waals surface area contributed by atoms with Crippen LogP contribution in [-0.4, -0.2) is 33.8 Å². The highest BCUT2D eigenvalue weighted by Gasteiger charge is 2.23. The first-order chi connectivity index (χ1) is 7.38. The van der Waals surface area contributed by atoms with Crippen molar-refractivity contribution in [2.24, 2.45) is 11.8 Å². The Morgan fingerprint density at radius 3 is 2.38 bits per heavy atom. The van der Waals surface area contributed by atoms with Gasteiger partial charge in [0.25, 0.3) is 0 Å². The third kappa shape index (κ3) is 5.27. The Balaban J connectivity index is 2.14. The number of sulfonamides is 1. The number of hydrogen-bond donors (Lipinski definition) is 2. The molecule has 0 radical (unpaired) electrons. The molecule has 1 aliphatic carbocycles. The Bertz CT molecular complexity index is 303. The highest BCUT2D eigenvalue weighted by atomic mass is 32.2. The smallest absolute Gasteiger partial charge is 0.208 e. The second kappa shape index (κ2) is 5.98. The fourth-order valence-electron chi connectivity index (χ4n) is 2.25. The molecule has 4 nitrogen and oxygen atoms in total. The molecule has 0 saturated heterocycles. The molecule has 96 valence electrons. The molecule has 0 aromatic rings. The van der Waals surface area contributed by atoms with Crippen molar-refractivity contribution in [3.63, 3.8) is 0 Å². The molecule has 0 spiro atoms. The van der Waals surface area contributed by atoms with E-state index in [-0.39, 0.29) is 0 Å². The van der Waals surface area contributed by atoms with Crippen molar-refractivity contribution >= 4 is 10.0 Å². The zero-order chi connectivity index (χ0) is 12.2. The molecule has 0 aliphatic heterocycles. The van der Waals surface area contributed by atoms with Gasteiger partial charge in [0, 0.05) is 19.1 Å². The van der Waals surface area contributed by atoms with Crippen LogP contribution in [0.5, 0.6) is 0 Å². The van der Waals surface area contributed by atoms with E-state index in [1.54, 1.807) is 0 Å². The van der Waals surface area contributed by atoms with Crippen LogP contribution in [-0.2, 0) is 10.0 Å². The SMILES string of the molecule is CC1CCC(NCCNS(C)(=O)=O)CC1C. The monoisotopic (exact) mass is 248 g/mol. The van der Waals surface area contributed by atoms with E-state index in [9.17, 15) is 8.42 Å². The van der Waals surface area contributed by atoms with Crippen molar-refractivity contribution in [3.05, 3.63) is 0 Å². The molecular weight excluding hydrogens is 224 g/mol. The normalized spacial score (nSPS) is 31.6. The van der Waals surface area contributed by atoms with Crippen LogP contribution in [0.1, 0.15) is 33.1 Å². The lowest BCUT2D eigenvalue weighted by atomic mass is 9.79. The highest BCUT2D eigenvalue weighted by Crippen LogP contribution is 2.28. The Hall–Kier alpha value is -0.130. The predicted molar refractivity (Wildman–Crippen MR) is 66.8 cm³/mol.